The quantitative estimate of drug-likeness (QED) is 0.0498. The molecule has 0 aromatic carbocycles. The number of pyridine rings is 1. The van der Waals surface area contributed by atoms with Crippen LogP contribution in [0.1, 0.15) is 193 Å². The summed E-state index contributed by atoms with van der Waals surface area (Å²) in [6, 6.07) is 4.85. The fourth-order valence-corrected chi connectivity index (χ4v) is 10.3. The summed E-state index contributed by atoms with van der Waals surface area (Å²) in [4.78, 5) is 7.63. The first-order valence-electron chi connectivity index (χ1n) is 21.4. The highest BCUT2D eigenvalue weighted by Gasteiger charge is 2.19. The molecule has 2 unspecified atom stereocenters. The highest BCUT2D eigenvalue weighted by atomic mass is 32.1. The Balaban J connectivity index is 1.40. The van der Waals surface area contributed by atoms with Gasteiger partial charge in [0, 0.05) is 16.6 Å². The Hall–Kier alpha value is -1.63. The molecule has 0 saturated heterocycles. The molecule has 0 amide bonds. The second-order valence-electron chi connectivity index (χ2n) is 15.6. The minimum Gasteiger partial charge on any atom is -0.252 e. The summed E-state index contributed by atoms with van der Waals surface area (Å²) < 4.78 is 9.67. The molecule has 0 bridgehead atoms. The van der Waals surface area contributed by atoms with Crippen LogP contribution in [0.3, 0.4) is 0 Å². The number of unbranched alkanes of at least 4 members (excludes halogenated alkanes) is 16. The fourth-order valence-electron chi connectivity index (χ4n) is 7.87. The van der Waals surface area contributed by atoms with E-state index in [-0.39, 0.29) is 0 Å². The van der Waals surface area contributed by atoms with E-state index in [2.05, 4.69) is 56.8 Å². The smallest absolute Gasteiger partial charge is 0.132 e. The number of fused-ring (bicyclic) bond motifs is 1. The SMILES string of the molecule is CCCCCCCCC(CCCCCC)Cc1csc(-c2cnc(-c3cc(CC(CCCCCC)CCCCCCCC)cs3)c3nsnc23)c1. The lowest BCUT2D eigenvalue weighted by atomic mass is 9.89. The monoisotopic (exact) mass is 749 g/mol. The van der Waals surface area contributed by atoms with Gasteiger partial charge in [-0.15, -0.1) is 22.7 Å². The van der Waals surface area contributed by atoms with Crippen molar-refractivity contribution in [3.8, 4) is 21.0 Å². The first kappa shape index (κ1) is 42.1. The van der Waals surface area contributed by atoms with Gasteiger partial charge in [-0.05, 0) is 58.7 Å². The van der Waals surface area contributed by atoms with E-state index in [9.17, 15) is 0 Å². The highest BCUT2D eigenvalue weighted by molar-refractivity contribution is 7.14. The van der Waals surface area contributed by atoms with E-state index >= 15 is 0 Å². The molecule has 0 aliphatic heterocycles. The van der Waals surface area contributed by atoms with Gasteiger partial charge in [-0.1, -0.05) is 182 Å². The van der Waals surface area contributed by atoms with Crippen LogP contribution in [-0.2, 0) is 12.8 Å². The molecule has 4 aromatic rings. The van der Waals surface area contributed by atoms with Crippen molar-refractivity contribution in [3.63, 3.8) is 0 Å². The number of hydrogen-bond donors (Lipinski definition) is 0. The molecule has 6 heteroatoms. The topological polar surface area (TPSA) is 38.7 Å². The standard InChI is InChI=1S/C45H71N3S3/c1-5-9-13-17-19-23-27-36(25-21-15-11-7-3)29-38-31-41(49-34-38)40-33-46-44(45-43(40)47-51-48-45)42-32-39(35-50-42)30-37(26-22-16-12-8-4)28-24-20-18-14-10-6-2/h31-37H,5-30H2,1-4H3. The normalized spacial score (nSPS) is 13.0. The van der Waals surface area contributed by atoms with Crippen LogP contribution < -0.4 is 0 Å². The third-order valence-electron chi connectivity index (χ3n) is 11.0. The average Bonchev–Trinajstić information content (AvgIpc) is 3.93. The number of nitrogens with zero attached hydrogens (tertiary/aromatic N) is 3. The molecule has 51 heavy (non-hydrogen) atoms. The largest absolute Gasteiger partial charge is 0.252 e. The van der Waals surface area contributed by atoms with E-state index < -0.39 is 0 Å². The van der Waals surface area contributed by atoms with E-state index in [1.807, 2.05) is 22.7 Å². The van der Waals surface area contributed by atoms with Crippen molar-refractivity contribution in [1.29, 1.82) is 0 Å². The molecule has 3 nitrogen and oxygen atoms in total. The number of aromatic nitrogens is 3. The Morgan fingerprint density at radius 3 is 1.41 bits per heavy atom. The molecule has 4 rings (SSSR count). The lowest BCUT2D eigenvalue weighted by molar-refractivity contribution is 0.402. The fraction of sp³-hybridized carbons (Fsp3) is 0.711. The van der Waals surface area contributed by atoms with E-state index in [1.54, 1.807) is 0 Å². The molecule has 4 aromatic heterocycles. The maximum absolute atomic E-state index is 5.09. The Morgan fingerprint density at radius 2 is 0.902 bits per heavy atom. The van der Waals surface area contributed by atoms with Gasteiger partial charge < -0.3 is 0 Å². The average molecular weight is 750 g/mol. The molecule has 284 valence electrons. The van der Waals surface area contributed by atoms with Crippen LogP contribution in [0.4, 0.5) is 0 Å². The summed E-state index contributed by atoms with van der Waals surface area (Å²) in [6.07, 6.45) is 37.5. The molecule has 2 atom stereocenters. The molecule has 4 heterocycles. The number of rotatable bonds is 30. The van der Waals surface area contributed by atoms with Crippen LogP contribution in [0.2, 0.25) is 0 Å². The number of hydrogen-bond acceptors (Lipinski definition) is 6. The van der Waals surface area contributed by atoms with Crippen LogP contribution in [0.5, 0.6) is 0 Å². The molecule has 0 N–H and O–H groups in total. The van der Waals surface area contributed by atoms with E-state index in [1.165, 1.54) is 200 Å². The Bertz CT molecular complexity index is 1350. The van der Waals surface area contributed by atoms with Crippen molar-refractivity contribution in [2.24, 2.45) is 11.8 Å². The van der Waals surface area contributed by atoms with E-state index in [0.717, 1.165) is 34.1 Å². The predicted octanol–water partition coefficient (Wildman–Crippen LogP) is 16.3. The minimum atomic E-state index is 0.793. The Labute approximate surface area is 325 Å². The van der Waals surface area contributed by atoms with Crippen molar-refractivity contribution in [2.75, 3.05) is 0 Å². The van der Waals surface area contributed by atoms with Gasteiger partial charge in [0.05, 0.1) is 16.6 Å². The van der Waals surface area contributed by atoms with Crippen LogP contribution in [0.15, 0.2) is 29.1 Å². The molecule has 0 radical (unpaired) electrons. The molecular weight excluding hydrogens is 679 g/mol. The van der Waals surface area contributed by atoms with Crippen LogP contribution >= 0.6 is 34.4 Å². The molecule has 0 aliphatic carbocycles. The summed E-state index contributed by atoms with van der Waals surface area (Å²) in [7, 11) is 0. The molecule has 0 fully saturated rings. The summed E-state index contributed by atoms with van der Waals surface area (Å²) in [5.74, 6) is 1.59. The van der Waals surface area contributed by atoms with Crippen LogP contribution in [0, 0.1) is 11.8 Å². The minimum absolute atomic E-state index is 0.793. The highest BCUT2D eigenvalue weighted by Crippen LogP contribution is 2.39. The first-order chi connectivity index (χ1) is 25.2. The zero-order valence-electron chi connectivity index (χ0n) is 33.0. The molecule has 0 saturated carbocycles. The van der Waals surface area contributed by atoms with Crippen LogP contribution in [-0.4, -0.2) is 13.7 Å². The third kappa shape index (κ3) is 15.0. The lowest BCUT2D eigenvalue weighted by Crippen LogP contribution is -2.05. The zero-order valence-corrected chi connectivity index (χ0v) is 35.4. The molecular formula is C45H71N3S3. The first-order valence-corrected chi connectivity index (χ1v) is 23.9. The van der Waals surface area contributed by atoms with Gasteiger partial charge >= 0.3 is 0 Å². The summed E-state index contributed by atoms with van der Waals surface area (Å²) >= 11 is 5.04. The molecule has 0 aliphatic rings. The van der Waals surface area contributed by atoms with Gasteiger partial charge in [0.1, 0.15) is 16.7 Å². The van der Waals surface area contributed by atoms with E-state index in [4.69, 9.17) is 13.7 Å². The van der Waals surface area contributed by atoms with Crippen molar-refractivity contribution in [3.05, 3.63) is 40.2 Å². The van der Waals surface area contributed by atoms with Crippen LogP contribution in [0.25, 0.3) is 32.0 Å². The summed E-state index contributed by atoms with van der Waals surface area (Å²) in [6.45, 7) is 9.25. The van der Waals surface area contributed by atoms with Gasteiger partial charge in [-0.25, -0.2) is 0 Å². The van der Waals surface area contributed by atoms with Gasteiger partial charge in [0.2, 0.25) is 0 Å². The van der Waals surface area contributed by atoms with E-state index in [0.29, 0.717) is 0 Å². The Morgan fingerprint density at radius 1 is 0.490 bits per heavy atom. The predicted molar refractivity (Wildman–Crippen MR) is 230 cm³/mol. The summed E-state index contributed by atoms with van der Waals surface area (Å²) in [5, 5.41) is 4.80. The number of thiophene rings is 2. The second kappa shape index (κ2) is 25.4. The van der Waals surface area contributed by atoms with Crippen molar-refractivity contribution in [2.45, 2.75) is 195 Å². The summed E-state index contributed by atoms with van der Waals surface area (Å²) in [5.41, 5.74) is 7.13. The maximum atomic E-state index is 5.09. The maximum Gasteiger partial charge on any atom is 0.132 e. The second-order valence-corrected chi connectivity index (χ2v) is 17.9. The third-order valence-corrected chi connectivity index (χ3v) is 13.5. The van der Waals surface area contributed by atoms with Gasteiger partial charge in [0.25, 0.3) is 0 Å². The zero-order chi connectivity index (χ0) is 35.9. The van der Waals surface area contributed by atoms with Crippen molar-refractivity contribution < 1.29 is 0 Å². The van der Waals surface area contributed by atoms with Gasteiger partial charge in [-0.3, -0.25) is 4.98 Å². The van der Waals surface area contributed by atoms with Gasteiger partial charge in [-0.2, -0.15) is 8.75 Å². The van der Waals surface area contributed by atoms with Gasteiger partial charge in [0.15, 0.2) is 0 Å². The van der Waals surface area contributed by atoms with Crippen molar-refractivity contribution in [1.82, 2.24) is 13.7 Å². The molecule has 0 spiro atoms. The Kier molecular flexibility index (Phi) is 21.0. The van der Waals surface area contributed by atoms with Crippen molar-refractivity contribution >= 4 is 45.4 Å². The lowest BCUT2D eigenvalue weighted by Gasteiger charge is -2.16.